The molecule has 2 aliphatic heterocycles. The summed E-state index contributed by atoms with van der Waals surface area (Å²) in [6, 6.07) is 14.7. The molecule has 1 aliphatic carbocycles. The smallest absolute Gasteiger partial charge is 0.166 e. The Balaban J connectivity index is 1.05. The summed E-state index contributed by atoms with van der Waals surface area (Å²) >= 11 is 0. The molecule has 12 heteroatoms. The highest BCUT2D eigenvalue weighted by atomic mass is 19.1. The van der Waals surface area contributed by atoms with E-state index in [1.165, 1.54) is 6.07 Å². The summed E-state index contributed by atoms with van der Waals surface area (Å²) in [5.74, 6) is 0.296. The first-order valence-electron chi connectivity index (χ1n) is 15.8. The van der Waals surface area contributed by atoms with Crippen LogP contribution in [0, 0.1) is 12.7 Å². The molecular formula is C35H37FN6O5. The Bertz CT molecular complexity index is 2000. The Morgan fingerprint density at radius 1 is 1.04 bits per heavy atom. The Kier molecular flexibility index (Phi) is 7.01. The quantitative estimate of drug-likeness (QED) is 0.206. The van der Waals surface area contributed by atoms with E-state index in [4.69, 9.17) is 23.7 Å². The predicted molar refractivity (Wildman–Crippen MR) is 174 cm³/mol. The SMILES string of the molecule is COc1ccc(CNc2nc3cc(N[C@H]4CC[C@]56OC(C)(C)O[C@H]5[C@H](n5ccc7c(C)ncnc75)O[C@H]46)ccc3cc2F)c(OC)c1. The molecule has 11 nitrogen and oxygen atoms in total. The van der Waals surface area contributed by atoms with Crippen molar-refractivity contribution in [3.63, 3.8) is 0 Å². The first-order chi connectivity index (χ1) is 22.7. The average Bonchev–Trinajstić information content (AvgIpc) is 3.78. The molecule has 1 spiro atoms. The lowest BCUT2D eigenvalue weighted by atomic mass is 9.94. The number of benzene rings is 2. The van der Waals surface area contributed by atoms with Crippen LogP contribution in [0.25, 0.3) is 21.9 Å². The summed E-state index contributed by atoms with van der Waals surface area (Å²) < 4.78 is 48.0. The molecule has 8 rings (SSSR count). The lowest BCUT2D eigenvalue weighted by molar-refractivity contribution is -0.208. The minimum atomic E-state index is -0.760. The number of halogens is 1. The average molecular weight is 641 g/mol. The topological polar surface area (TPSA) is 114 Å². The molecule has 0 bridgehead atoms. The molecule has 244 valence electrons. The van der Waals surface area contributed by atoms with Crippen molar-refractivity contribution in [3.8, 4) is 11.5 Å². The van der Waals surface area contributed by atoms with Crippen LogP contribution in [-0.2, 0) is 20.8 Å². The van der Waals surface area contributed by atoms with Crippen molar-refractivity contribution in [3.05, 3.63) is 78.1 Å². The van der Waals surface area contributed by atoms with Crippen molar-refractivity contribution in [2.45, 2.75) is 76.0 Å². The molecule has 3 aromatic heterocycles. The summed E-state index contributed by atoms with van der Waals surface area (Å²) in [5.41, 5.74) is 3.46. The maximum Gasteiger partial charge on any atom is 0.166 e. The fourth-order valence-corrected chi connectivity index (χ4v) is 7.51. The number of aryl methyl sites for hydroxylation is 1. The zero-order chi connectivity index (χ0) is 32.5. The molecule has 5 atom stereocenters. The highest BCUT2D eigenvalue weighted by molar-refractivity contribution is 5.84. The van der Waals surface area contributed by atoms with Crippen LogP contribution in [0.2, 0.25) is 0 Å². The van der Waals surface area contributed by atoms with Crippen molar-refractivity contribution < 1.29 is 28.1 Å². The normalized spacial score (nSPS) is 26.0. The van der Waals surface area contributed by atoms with E-state index in [0.29, 0.717) is 28.9 Å². The summed E-state index contributed by atoms with van der Waals surface area (Å²) in [4.78, 5) is 13.6. The third-order valence-corrected chi connectivity index (χ3v) is 9.61. The van der Waals surface area contributed by atoms with Gasteiger partial charge in [-0.3, -0.25) is 0 Å². The number of nitrogens with one attached hydrogen (secondary N) is 2. The van der Waals surface area contributed by atoms with Crippen LogP contribution in [0.15, 0.2) is 61.1 Å². The van der Waals surface area contributed by atoms with E-state index < -0.39 is 23.4 Å². The summed E-state index contributed by atoms with van der Waals surface area (Å²) in [5, 5.41) is 8.50. The number of hydrogen-bond donors (Lipinski definition) is 2. The second-order valence-corrected chi connectivity index (χ2v) is 12.9. The van der Waals surface area contributed by atoms with Crippen LogP contribution in [0.1, 0.15) is 44.2 Å². The van der Waals surface area contributed by atoms with Gasteiger partial charge in [0.2, 0.25) is 0 Å². The van der Waals surface area contributed by atoms with Gasteiger partial charge in [0.15, 0.2) is 23.7 Å². The maximum atomic E-state index is 15.1. The lowest BCUT2D eigenvalue weighted by Crippen LogP contribution is -2.46. The number of hydrogen-bond acceptors (Lipinski definition) is 10. The third kappa shape index (κ3) is 4.93. The molecule has 0 unspecified atom stereocenters. The zero-order valence-electron chi connectivity index (χ0n) is 26.9. The third-order valence-electron chi connectivity index (χ3n) is 9.61. The van der Waals surface area contributed by atoms with Gasteiger partial charge < -0.3 is 38.9 Å². The fourth-order valence-electron chi connectivity index (χ4n) is 7.51. The van der Waals surface area contributed by atoms with Gasteiger partial charge in [-0.1, -0.05) is 6.07 Å². The molecular weight excluding hydrogens is 603 g/mol. The zero-order valence-corrected chi connectivity index (χ0v) is 26.9. The molecule has 0 amide bonds. The van der Waals surface area contributed by atoms with Crippen molar-refractivity contribution >= 4 is 33.4 Å². The predicted octanol–water partition coefficient (Wildman–Crippen LogP) is 6.12. The fraction of sp³-hybridized carbons (Fsp3) is 0.400. The van der Waals surface area contributed by atoms with E-state index in [-0.39, 0.29) is 24.1 Å². The number of ether oxygens (including phenoxy) is 5. The molecule has 0 radical (unpaired) electrons. The van der Waals surface area contributed by atoms with Crippen molar-refractivity contribution in [2.75, 3.05) is 24.9 Å². The van der Waals surface area contributed by atoms with Gasteiger partial charge in [-0.05, 0) is 70.0 Å². The number of methoxy groups -OCH3 is 2. The minimum Gasteiger partial charge on any atom is -0.497 e. The van der Waals surface area contributed by atoms with Gasteiger partial charge in [0.25, 0.3) is 0 Å². The maximum absolute atomic E-state index is 15.1. The van der Waals surface area contributed by atoms with Gasteiger partial charge in [0.05, 0.1) is 31.5 Å². The Morgan fingerprint density at radius 3 is 2.74 bits per heavy atom. The van der Waals surface area contributed by atoms with Crippen LogP contribution in [0.5, 0.6) is 11.5 Å². The van der Waals surface area contributed by atoms with E-state index in [9.17, 15) is 0 Å². The first-order valence-corrected chi connectivity index (χ1v) is 15.8. The van der Waals surface area contributed by atoms with Crippen LogP contribution >= 0.6 is 0 Å². The van der Waals surface area contributed by atoms with Gasteiger partial charge in [0.1, 0.15) is 41.3 Å². The molecule has 5 aromatic rings. The second kappa shape index (κ2) is 11.0. The molecule has 2 N–H and O–H groups in total. The van der Waals surface area contributed by atoms with Gasteiger partial charge in [0, 0.05) is 40.8 Å². The van der Waals surface area contributed by atoms with E-state index in [2.05, 4.69) is 25.6 Å². The molecule has 1 saturated carbocycles. The number of fused-ring (bicyclic) bond motifs is 2. The van der Waals surface area contributed by atoms with Crippen LogP contribution in [0.3, 0.4) is 0 Å². The van der Waals surface area contributed by atoms with Crippen molar-refractivity contribution in [1.82, 2.24) is 19.5 Å². The Labute approximate surface area is 271 Å². The summed E-state index contributed by atoms with van der Waals surface area (Å²) in [7, 11) is 3.19. The van der Waals surface area contributed by atoms with Crippen molar-refractivity contribution in [2.24, 2.45) is 0 Å². The van der Waals surface area contributed by atoms with E-state index in [1.807, 2.05) is 67.9 Å². The van der Waals surface area contributed by atoms with E-state index in [0.717, 1.165) is 40.8 Å². The monoisotopic (exact) mass is 640 g/mol. The summed E-state index contributed by atoms with van der Waals surface area (Å²) in [6.07, 6.45) is 4.15. The van der Waals surface area contributed by atoms with Gasteiger partial charge in [-0.25, -0.2) is 19.3 Å². The van der Waals surface area contributed by atoms with Crippen LogP contribution in [0.4, 0.5) is 15.9 Å². The lowest BCUT2D eigenvalue weighted by Gasteiger charge is -2.29. The number of pyridine rings is 1. The van der Waals surface area contributed by atoms with Gasteiger partial charge in [-0.2, -0.15) is 0 Å². The number of nitrogens with zero attached hydrogens (tertiary/aromatic N) is 4. The molecule has 3 fully saturated rings. The molecule has 5 heterocycles. The molecule has 3 aliphatic rings. The van der Waals surface area contributed by atoms with Gasteiger partial charge in [-0.15, -0.1) is 0 Å². The first kappa shape index (κ1) is 29.9. The van der Waals surface area contributed by atoms with E-state index in [1.54, 1.807) is 26.6 Å². The van der Waals surface area contributed by atoms with Crippen LogP contribution < -0.4 is 20.1 Å². The highest BCUT2D eigenvalue weighted by Gasteiger charge is 2.70. The largest absolute Gasteiger partial charge is 0.497 e. The molecule has 2 aromatic carbocycles. The molecule has 47 heavy (non-hydrogen) atoms. The standard InChI is InChI=1S/C35H37FN6O5/c1-19-24-11-13-42(32(24)39-18-38-19)33-30-35(47-34(2,3)46-30)12-10-26(29(35)45-33)40-22-8-6-20-14-25(36)31(41-27(20)15-22)37-17-21-7-9-23(43-4)16-28(21)44-5/h6-9,11,13-16,18,26,29-30,33,40H,10,12,17H2,1-5H3,(H,37,41)/t26-,29+,30-,33+,35+/m0/s1. The number of aromatic nitrogens is 4. The highest BCUT2D eigenvalue weighted by Crippen LogP contribution is 2.57. The molecule has 2 saturated heterocycles. The summed E-state index contributed by atoms with van der Waals surface area (Å²) in [6.45, 7) is 6.22. The number of rotatable bonds is 8. The second-order valence-electron chi connectivity index (χ2n) is 12.9. The van der Waals surface area contributed by atoms with E-state index >= 15 is 4.39 Å². The van der Waals surface area contributed by atoms with Crippen molar-refractivity contribution in [1.29, 1.82) is 0 Å². The van der Waals surface area contributed by atoms with Gasteiger partial charge >= 0.3 is 0 Å². The van der Waals surface area contributed by atoms with Crippen LogP contribution in [-0.4, -0.2) is 63.4 Å². The minimum absolute atomic E-state index is 0.0591. The number of anilines is 2. The Hall–Kier alpha value is -4.52. The Morgan fingerprint density at radius 2 is 1.91 bits per heavy atom.